The van der Waals surface area contributed by atoms with E-state index < -0.39 is 0 Å². The van der Waals surface area contributed by atoms with Gasteiger partial charge < -0.3 is 10.5 Å². The van der Waals surface area contributed by atoms with Crippen molar-refractivity contribution in [2.24, 2.45) is 5.73 Å². The Balaban J connectivity index is 2.26. The Bertz CT molecular complexity index is 602. The molecule has 2 aromatic carbocycles. The van der Waals surface area contributed by atoms with Crippen molar-refractivity contribution in [3.8, 4) is 11.5 Å². The average molecular weight is 406 g/mol. The molecule has 1 atom stereocenters. The summed E-state index contributed by atoms with van der Waals surface area (Å²) in [6.45, 7) is 1.94. The van der Waals surface area contributed by atoms with Crippen molar-refractivity contribution in [3.05, 3.63) is 55.9 Å². The Morgan fingerprint density at radius 3 is 2.47 bits per heavy atom. The fourth-order valence-electron chi connectivity index (χ4n) is 1.63. The molecule has 100 valence electrons. The molecule has 1 unspecified atom stereocenters. The SMILES string of the molecule is CC(N)c1ccc(Oc2ccc(Br)cc2Cl)cc1Br. The minimum atomic E-state index is -0.0281. The lowest BCUT2D eigenvalue weighted by atomic mass is 10.1. The highest BCUT2D eigenvalue weighted by molar-refractivity contribution is 9.10. The van der Waals surface area contributed by atoms with Gasteiger partial charge in [-0.05, 0) is 42.8 Å². The van der Waals surface area contributed by atoms with Crippen LogP contribution in [0.4, 0.5) is 0 Å². The van der Waals surface area contributed by atoms with E-state index in [1.54, 1.807) is 6.07 Å². The van der Waals surface area contributed by atoms with E-state index >= 15 is 0 Å². The largest absolute Gasteiger partial charge is 0.456 e. The topological polar surface area (TPSA) is 35.2 Å². The standard InChI is InChI=1S/C14H12Br2ClNO/c1-8(18)11-4-3-10(7-12(11)16)19-14-5-2-9(15)6-13(14)17/h2-8H,18H2,1H3. The molecule has 2 N–H and O–H groups in total. The van der Waals surface area contributed by atoms with Gasteiger partial charge in [0.05, 0.1) is 5.02 Å². The van der Waals surface area contributed by atoms with Crippen molar-refractivity contribution >= 4 is 43.5 Å². The Kier molecular flexibility index (Phi) is 4.90. The summed E-state index contributed by atoms with van der Waals surface area (Å²) in [5.41, 5.74) is 6.90. The van der Waals surface area contributed by atoms with Crippen LogP contribution in [-0.2, 0) is 0 Å². The van der Waals surface area contributed by atoms with Gasteiger partial charge in [0.2, 0.25) is 0 Å². The maximum Gasteiger partial charge on any atom is 0.146 e. The number of nitrogens with two attached hydrogens (primary N) is 1. The molecular weight excluding hydrogens is 393 g/mol. The quantitative estimate of drug-likeness (QED) is 0.713. The van der Waals surface area contributed by atoms with Gasteiger partial charge in [-0.1, -0.05) is 49.5 Å². The summed E-state index contributed by atoms with van der Waals surface area (Å²) >= 11 is 13.0. The Morgan fingerprint density at radius 1 is 1.16 bits per heavy atom. The molecule has 0 spiro atoms. The summed E-state index contributed by atoms with van der Waals surface area (Å²) in [6, 6.07) is 11.2. The fraction of sp³-hybridized carbons (Fsp3) is 0.143. The van der Waals surface area contributed by atoms with E-state index in [1.807, 2.05) is 37.3 Å². The third-order valence-electron chi connectivity index (χ3n) is 2.58. The number of hydrogen-bond donors (Lipinski definition) is 1. The van der Waals surface area contributed by atoms with Gasteiger partial charge >= 0.3 is 0 Å². The van der Waals surface area contributed by atoms with Gasteiger partial charge in [0, 0.05) is 15.0 Å². The number of ether oxygens (including phenoxy) is 1. The Morgan fingerprint density at radius 2 is 1.89 bits per heavy atom. The molecule has 0 aliphatic heterocycles. The number of halogens is 3. The minimum Gasteiger partial charge on any atom is -0.456 e. The maximum absolute atomic E-state index is 6.11. The van der Waals surface area contributed by atoms with Gasteiger partial charge in [-0.2, -0.15) is 0 Å². The molecule has 0 aromatic heterocycles. The summed E-state index contributed by atoms with van der Waals surface area (Å²) < 4.78 is 7.60. The zero-order valence-electron chi connectivity index (χ0n) is 10.2. The van der Waals surface area contributed by atoms with Crippen LogP contribution in [0.25, 0.3) is 0 Å². The van der Waals surface area contributed by atoms with E-state index in [0.717, 1.165) is 14.5 Å². The highest BCUT2D eigenvalue weighted by Crippen LogP contribution is 2.34. The highest BCUT2D eigenvalue weighted by atomic mass is 79.9. The fourth-order valence-corrected chi connectivity index (χ4v) is 3.06. The van der Waals surface area contributed by atoms with Crippen molar-refractivity contribution in [1.29, 1.82) is 0 Å². The molecule has 5 heteroatoms. The molecule has 0 aliphatic carbocycles. The molecular formula is C14H12Br2ClNO. The normalized spacial score (nSPS) is 12.3. The van der Waals surface area contributed by atoms with Crippen LogP contribution >= 0.6 is 43.5 Å². The van der Waals surface area contributed by atoms with E-state index in [1.165, 1.54) is 0 Å². The van der Waals surface area contributed by atoms with E-state index in [-0.39, 0.29) is 6.04 Å². The summed E-state index contributed by atoms with van der Waals surface area (Å²) in [6.07, 6.45) is 0. The molecule has 0 fully saturated rings. The second kappa shape index (κ2) is 6.27. The zero-order valence-corrected chi connectivity index (χ0v) is 14.1. The maximum atomic E-state index is 6.11. The molecule has 2 rings (SSSR count). The van der Waals surface area contributed by atoms with Crippen LogP contribution < -0.4 is 10.5 Å². The molecule has 0 amide bonds. The average Bonchev–Trinajstić information content (AvgIpc) is 2.32. The van der Waals surface area contributed by atoms with Gasteiger partial charge in [-0.3, -0.25) is 0 Å². The first kappa shape index (κ1) is 14.9. The Labute approximate surface area is 134 Å². The van der Waals surface area contributed by atoms with E-state index in [4.69, 9.17) is 22.1 Å². The second-order valence-corrected chi connectivity index (χ2v) is 6.33. The molecule has 0 heterocycles. The number of benzene rings is 2. The first-order valence-corrected chi connectivity index (χ1v) is 7.61. The van der Waals surface area contributed by atoms with Crippen LogP contribution in [0.1, 0.15) is 18.5 Å². The van der Waals surface area contributed by atoms with Crippen molar-refractivity contribution in [2.75, 3.05) is 0 Å². The molecule has 0 saturated carbocycles. The van der Waals surface area contributed by atoms with Gasteiger partial charge in [-0.15, -0.1) is 0 Å². The van der Waals surface area contributed by atoms with Crippen LogP contribution in [0.5, 0.6) is 11.5 Å². The summed E-state index contributed by atoms with van der Waals surface area (Å²) in [5, 5.41) is 0.557. The molecule has 0 aliphatic rings. The molecule has 19 heavy (non-hydrogen) atoms. The first-order valence-electron chi connectivity index (χ1n) is 5.65. The van der Waals surface area contributed by atoms with Crippen molar-refractivity contribution < 1.29 is 4.74 Å². The van der Waals surface area contributed by atoms with Gasteiger partial charge in [-0.25, -0.2) is 0 Å². The predicted molar refractivity (Wildman–Crippen MR) is 86.0 cm³/mol. The molecule has 0 radical (unpaired) electrons. The van der Waals surface area contributed by atoms with Crippen molar-refractivity contribution in [1.82, 2.24) is 0 Å². The van der Waals surface area contributed by atoms with Crippen LogP contribution in [0.2, 0.25) is 5.02 Å². The lowest BCUT2D eigenvalue weighted by Crippen LogP contribution is -2.05. The van der Waals surface area contributed by atoms with Crippen LogP contribution in [0.15, 0.2) is 45.3 Å². The van der Waals surface area contributed by atoms with Crippen molar-refractivity contribution in [2.45, 2.75) is 13.0 Å². The van der Waals surface area contributed by atoms with Crippen LogP contribution in [0, 0.1) is 0 Å². The third kappa shape index (κ3) is 3.72. The number of rotatable bonds is 3. The van der Waals surface area contributed by atoms with Crippen LogP contribution in [0.3, 0.4) is 0 Å². The monoisotopic (exact) mass is 403 g/mol. The lowest BCUT2D eigenvalue weighted by Gasteiger charge is -2.12. The zero-order chi connectivity index (χ0) is 14.0. The molecule has 0 bridgehead atoms. The third-order valence-corrected chi connectivity index (χ3v) is 4.06. The van der Waals surface area contributed by atoms with E-state index in [9.17, 15) is 0 Å². The van der Waals surface area contributed by atoms with Gasteiger partial charge in [0.25, 0.3) is 0 Å². The Hall–Kier alpha value is -0.550. The molecule has 2 aromatic rings. The van der Waals surface area contributed by atoms with Crippen LogP contribution in [-0.4, -0.2) is 0 Å². The minimum absolute atomic E-state index is 0.0281. The lowest BCUT2D eigenvalue weighted by molar-refractivity contribution is 0.482. The van der Waals surface area contributed by atoms with E-state index in [2.05, 4.69) is 31.9 Å². The number of hydrogen-bond acceptors (Lipinski definition) is 2. The second-order valence-electron chi connectivity index (χ2n) is 4.15. The van der Waals surface area contributed by atoms with Gasteiger partial charge in [0.15, 0.2) is 0 Å². The smallest absolute Gasteiger partial charge is 0.146 e. The predicted octanol–water partition coefficient (Wildman–Crippen LogP) is 5.68. The van der Waals surface area contributed by atoms with Gasteiger partial charge in [0.1, 0.15) is 11.5 Å². The first-order chi connectivity index (χ1) is 8.97. The summed E-state index contributed by atoms with van der Waals surface area (Å²) in [7, 11) is 0. The summed E-state index contributed by atoms with van der Waals surface area (Å²) in [4.78, 5) is 0. The van der Waals surface area contributed by atoms with E-state index in [0.29, 0.717) is 16.5 Å². The molecule has 2 nitrogen and oxygen atoms in total. The molecule has 0 saturated heterocycles. The highest BCUT2D eigenvalue weighted by Gasteiger charge is 2.08. The summed E-state index contributed by atoms with van der Waals surface area (Å²) in [5.74, 6) is 1.32. The van der Waals surface area contributed by atoms with Crippen molar-refractivity contribution in [3.63, 3.8) is 0 Å².